The van der Waals surface area contributed by atoms with Crippen molar-refractivity contribution >= 4 is 22.4 Å². The number of benzene rings is 3. The Kier molecular flexibility index (Phi) is 5.57. The van der Waals surface area contributed by atoms with Gasteiger partial charge < -0.3 is 10.0 Å². The van der Waals surface area contributed by atoms with E-state index in [4.69, 9.17) is 5.11 Å². The Morgan fingerprint density at radius 2 is 1.79 bits per heavy atom. The van der Waals surface area contributed by atoms with Gasteiger partial charge in [-0.15, -0.1) is 0 Å². The maximum Gasteiger partial charge on any atom is 0.307 e. The van der Waals surface area contributed by atoms with Gasteiger partial charge in [0, 0.05) is 18.8 Å². The predicted molar refractivity (Wildman–Crippen MR) is 120 cm³/mol. The summed E-state index contributed by atoms with van der Waals surface area (Å²) in [6, 6.07) is 21.3. The van der Waals surface area contributed by atoms with Gasteiger partial charge in [0.25, 0.3) is 0 Å². The molecule has 3 nitrogen and oxygen atoms in total. The summed E-state index contributed by atoms with van der Waals surface area (Å²) in [5, 5.41) is 11.7. The Hall–Kier alpha value is -2.81. The fourth-order valence-electron chi connectivity index (χ4n) is 4.79. The summed E-state index contributed by atoms with van der Waals surface area (Å²) in [7, 11) is 0. The molecule has 3 aromatic rings. The SMILES string of the molecule is Cc1ccc(C(C)CC2CCN(c3ccc(CC(=O)O)cc3)C2)c2ccccc12. The normalized spacial score (nSPS) is 17.6. The molecule has 0 radical (unpaired) electrons. The van der Waals surface area contributed by atoms with E-state index in [2.05, 4.69) is 67.3 Å². The summed E-state index contributed by atoms with van der Waals surface area (Å²) in [6.07, 6.45) is 2.50. The highest BCUT2D eigenvalue weighted by atomic mass is 16.4. The lowest BCUT2D eigenvalue weighted by Crippen LogP contribution is -2.20. The van der Waals surface area contributed by atoms with Gasteiger partial charge in [-0.3, -0.25) is 4.79 Å². The van der Waals surface area contributed by atoms with Gasteiger partial charge in [0.1, 0.15) is 0 Å². The molecule has 0 aliphatic carbocycles. The molecule has 2 atom stereocenters. The van der Waals surface area contributed by atoms with Crippen molar-refractivity contribution < 1.29 is 9.90 Å². The maximum absolute atomic E-state index is 10.9. The Morgan fingerprint density at radius 3 is 2.52 bits per heavy atom. The molecular weight excluding hydrogens is 358 g/mol. The van der Waals surface area contributed by atoms with E-state index >= 15 is 0 Å². The van der Waals surface area contributed by atoms with Crippen LogP contribution in [0.5, 0.6) is 0 Å². The maximum atomic E-state index is 10.9. The van der Waals surface area contributed by atoms with Crippen molar-refractivity contribution in [3.05, 3.63) is 77.4 Å². The van der Waals surface area contributed by atoms with Gasteiger partial charge >= 0.3 is 5.97 Å². The number of aryl methyl sites for hydroxylation is 1. The van der Waals surface area contributed by atoms with Crippen LogP contribution in [0.2, 0.25) is 0 Å². The van der Waals surface area contributed by atoms with Crippen molar-refractivity contribution in [3.63, 3.8) is 0 Å². The molecule has 4 rings (SSSR count). The van der Waals surface area contributed by atoms with Gasteiger partial charge in [-0.05, 0) is 71.2 Å². The van der Waals surface area contributed by atoms with Crippen LogP contribution in [0.3, 0.4) is 0 Å². The number of hydrogen-bond acceptors (Lipinski definition) is 2. The van der Waals surface area contributed by atoms with Gasteiger partial charge in [-0.25, -0.2) is 0 Å². The second-order valence-electron chi connectivity index (χ2n) is 8.49. The van der Waals surface area contributed by atoms with Gasteiger partial charge in [0.15, 0.2) is 0 Å². The number of fused-ring (bicyclic) bond motifs is 1. The highest BCUT2D eigenvalue weighted by molar-refractivity contribution is 5.88. The number of aliphatic carboxylic acids is 1. The lowest BCUT2D eigenvalue weighted by atomic mass is 9.86. The molecule has 3 aromatic carbocycles. The highest BCUT2D eigenvalue weighted by Gasteiger charge is 2.25. The average molecular weight is 388 g/mol. The summed E-state index contributed by atoms with van der Waals surface area (Å²) in [5.74, 6) is 0.434. The molecule has 150 valence electrons. The lowest BCUT2D eigenvalue weighted by Gasteiger charge is -2.21. The third kappa shape index (κ3) is 4.29. The fraction of sp³-hybridized carbons (Fsp3) is 0.346. The quantitative estimate of drug-likeness (QED) is 0.581. The molecule has 1 fully saturated rings. The second-order valence-corrected chi connectivity index (χ2v) is 8.49. The first-order chi connectivity index (χ1) is 14.0. The van der Waals surface area contributed by atoms with Crippen molar-refractivity contribution in [2.24, 2.45) is 5.92 Å². The molecule has 1 saturated heterocycles. The van der Waals surface area contributed by atoms with E-state index in [9.17, 15) is 4.79 Å². The summed E-state index contributed by atoms with van der Waals surface area (Å²) in [4.78, 5) is 13.3. The van der Waals surface area contributed by atoms with Crippen LogP contribution in [0.4, 0.5) is 5.69 Å². The van der Waals surface area contributed by atoms with Crippen LogP contribution in [0.25, 0.3) is 10.8 Å². The number of carboxylic acid groups (broad SMARTS) is 1. The smallest absolute Gasteiger partial charge is 0.307 e. The molecule has 0 bridgehead atoms. The van der Waals surface area contributed by atoms with Crippen LogP contribution in [0.1, 0.15) is 42.4 Å². The Bertz CT molecular complexity index is 1010. The summed E-state index contributed by atoms with van der Waals surface area (Å²) >= 11 is 0. The summed E-state index contributed by atoms with van der Waals surface area (Å²) in [5.41, 5.74) is 4.87. The fourth-order valence-corrected chi connectivity index (χ4v) is 4.79. The second kappa shape index (κ2) is 8.28. The molecule has 0 amide bonds. The third-order valence-electron chi connectivity index (χ3n) is 6.34. The van der Waals surface area contributed by atoms with Crippen LogP contribution in [-0.2, 0) is 11.2 Å². The van der Waals surface area contributed by atoms with E-state index < -0.39 is 5.97 Å². The third-order valence-corrected chi connectivity index (χ3v) is 6.34. The molecule has 0 saturated carbocycles. The molecule has 1 aliphatic rings. The minimum atomic E-state index is -0.781. The zero-order chi connectivity index (χ0) is 20.4. The van der Waals surface area contributed by atoms with Crippen molar-refractivity contribution in [2.75, 3.05) is 18.0 Å². The number of carbonyl (C=O) groups is 1. The van der Waals surface area contributed by atoms with Crippen molar-refractivity contribution in [1.29, 1.82) is 0 Å². The van der Waals surface area contributed by atoms with Crippen LogP contribution in [-0.4, -0.2) is 24.2 Å². The molecule has 2 unspecified atom stereocenters. The molecule has 0 aromatic heterocycles. The van der Waals surface area contributed by atoms with E-state index in [0.29, 0.717) is 11.8 Å². The Morgan fingerprint density at radius 1 is 1.07 bits per heavy atom. The van der Waals surface area contributed by atoms with E-state index in [1.165, 1.54) is 40.4 Å². The predicted octanol–water partition coefficient (Wildman–Crippen LogP) is 5.80. The van der Waals surface area contributed by atoms with Crippen molar-refractivity contribution in [2.45, 2.75) is 39.0 Å². The molecule has 3 heteroatoms. The summed E-state index contributed by atoms with van der Waals surface area (Å²) < 4.78 is 0. The summed E-state index contributed by atoms with van der Waals surface area (Å²) in [6.45, 7) is 6.70. The lowest BCUT2D eigenvalue weighted by molar-refractivity contribution is -0.136. The van der Waals surface area contributed by atoms with Crippen LogP contribution in [0, 0.1) is 12.8 Å². The van der Waals surface area contributed by atoms with E-state index in [1.54, 1.807) is 0 Å². The van der Waals surface area contributed by atoms with Gasteiger partial charge in [-0.1, -0.05) is 55.5 Å². The minimum absolute atomic E-state index is 0.0882. The standard InChI is InChI=1S/C26H29NO2/c1-18-7-12-24(25-6-4-3-5-23(18)25)19(2)15-21-13-14-27(17-21)22-10-8-20(9-11-22)16-26(28)29/h3-12,19,21H,13-17H2,1-2H3,(H,28,29). The van der Waals surface area contributed by atoms with E-state index in [0.717, 1.165) is 18.7 Å². The molecule has 1 aliphatic heterocycles. The molecule has 0 spiro atoms. The topological polar surface area (TPSA) is 40.5 Å². The van der Waals surface area contributed by atoms with Crippen LogP contribution >= 0.6 is 0 Å². The number of carboxylic acids is 1. The number of nitrogens with zero attached hydrogens (tertiary/aromatic N) is 1. The first-order valence-corrected chi connectivity index (χ1v) is 10.5. The first-order valence-electron chi connectivity index (χ1n) is 10.5. The van der Waals surface area contributed by atoms with Gasteiger partial charge in [0.2, 0.25) is 0 Å². The Balaban J connectivity index is 1.43. The largest absolute Gasteiger partial charge is 0.481 e. The average Bonchev–Trinajstić information content (AvgIpc) is 3.17. The first kappa shape index (κ1) is 19.5. The zero-order valence-corrected chi connectivity index (χ0v) is 17.3. The van der Waals surface area contributed by atoms with Crippen LogP contribution in [0.15, 0.2) is 60.7 Å². The number of hydrogen-bond donors (Lipinski definition) is 1. The molecule has 1 heterocycles. The van der Waals surface area contributed by atoms with Gasteiger partial charge in [-0.2, -0.15) is 0 Å². The monoisotopic (exact) mass is 387 g/mol. The van der Waals surface area contributed by atoms with Crippen molar-refractivity contribution in [1.82, 2.24) is 0 Å². The van der Waals surface area contributed by atoms with Crippen molar-refractivity contribution in [3.8, 4) is 0 Å². The minimum Gasteiger partial charge on any atom is -0.481 e. The molecule has 29 heavy (non-hydrogen) atoms. The Labute approximate surface area is 173 Å². The molecule has 1 N–H and O–H groups in total. The number of rotatable bonds is 6. The highest BCUT2D eigenvalue weighted by Crippen LogP contribution is 2.35. The van der Waals surface area contributed by atoms with E-state index in [-0.39, 0.29) is 6.42 Å². The molecular formula is C26H29NO2. The zero-order valence-electron chi connectivity index (χ0n) is 17.3. The van der Waals surface area contributed by atoms with Gasteiger partial charge in [0.05, 0.1) is 6.42 Å². The van der Waals surface area contributed by atoms with Crippen LogP contribution < -0.4 is 4.90 Å². The van der Waals surface area contributed by atoms with E-state index in [1.807, 2.05) is 12.1 Å². The number of anilines is 1.